The third kappa shape index (κ3) is 4.58. The number of alkyl halides is 2. The van der Waals surface area contributed by atoms with Crippen molar-refractivity contribution in [3.8, 4) is 0 Å². The Morgan fingerprint density at radius 2 is 1.79 bits per heavy atom. The number of benzene rings is 1. The van der Waals surface area contributed by atoms with E-state index in [1.165, 1.54) is 0 Å². The number of imidazole rings is 1. The van der Waals surface area contributed by atoms with Gasteiger partial charge >= 0.3 is 0 Å². The summed E-state index contributed by atoms with van der Waals surface area (Å²) in [6.07, 6.45) is 3.36. The summed E-state index contributed by atoms with van der Waals surface area (Å²) < 4.78 is 58.1. The molecule has 0 spiro atoms. The van der Waals surface area contributed by atoms with Crippen LogP contribution in [0.4, 0.5) is 29.1 Å². The van der Waals surface area contributed by atoms with Crippen LogP contribution in [-0.2, 0) is 0 Å². The summed E-state index contributed by atoms with van der Waals surface area (Å²) in [5.74, 6) is -0.757. The SMILES string of the molecule is OC1CN(c2ccc(/C=C/c3cnc4ccc(N5C[C@@H](F)C[C@@H]5c5cc(F)ccc5F)nn34)nc2)CC1F. The first-order valence-corrected chi connectivity index (χ1v) is 12.3. The van der Waals surface area contributed by atoms with Crippen LogP contribution in [0.5, 0.6) is 0 Å². The fourth-order valence-corrected chi connectivity index (χ4v) is 5.06. The number of rotatable bonds is 5. The molecule has 0 bridgehead atoms. The van der Waals surface area contributed by atoms with Crippen molar-refractivity contribution in [2.24, 2.45) is 0 Å². The predicted octanol–water partition coefficient (Wildman–Crippen LogP) is 4.38. The molecule has 11 heteroatoms. The molecule has 2 aliphatic heterocycles. The number of β-amino-alcohol motifs (C(OH)–C–C–N with tert-alkyl or cyclic N) is 1. The molecular weight excluding hydrogens is 500 g/mol. The Morgan fingerprint density at radius 3 is 2.55 bits per heavy atom. The second-order valence-corrected chi connectivity index (χ2v) is 9.57. The fourth-order valence-electron chi connectivity index (χ4n) is 5.06. The van der Waals surface area contributed by atoms with E-state index in [1.54, 1.807) is 57.1 Å². The molecule has 2 aliphatic rings. The van der Waals surface area contributed by atoms with Gasteiger partial charge in [-0.3, -0.25) is 4.98 Å². The molecule has 0 saturated carbocycles. The first-order chi connectivity index (χ1) is 18.4. The summed E-state index contributed by atoms with van der Waals surface area (Å²) in [4.78, 5) is 12.2. The van der Waals surface area contributed by atoms with Gasteiger partial charge in [-0.2, -0.15) is 0 Å². The summed E-state index contributed by atoms with van der Waals surface area (Å²) in [6, 6.07) is 9.53. The van der Waals surface area contributed by atoms with Crippen LogP contribution in [-0.4, -0.2) is 62.8 Å². The van der Waals surface area contributed by atoms with E-state index in [9.17, 15) is 22.7 Å². The van der Waals surface area contributed by atoms with E-state index in [4.69, 9.17) is 0 Å². The molecule has 2 fully saturated rings. The van der Waals surface area contributed by atoms with Gasteiger partial charge in [0.2, 0.25) is 0 Å². The Bertz CT molecular complexity index is 1480. The van der Waals surface area contributed by atoms with Crippen molar-refractivity contribution in [1.29, 1.82) is 0 Å². The molecule has 0 aliphatic carbocycles. The Hall–Kier alpha value is -3.99. The van der Waals surface area contributed by atoms with Gasteiger partial charge in [0.25, 0.3) is 0 Å². The third-order valence-corrected chi connectivity index (χ3v) is 7.02. The zero-order chi connectivity index (χ0) is 26.4. The van der Waals surface area contributed by atoms with Crippen LogP contribution in [0.1, 0.15) is 29.4 Å². The molecule has 0 amide bonds. The molecule has 4 atom stereocenters. The molecule has 38 heavy (non-hydrogen) atoms. The van der Waals surface area contributed by atoms with E-state index in [0.717, 1.165) is 23.9 Å². The number of hydrogen-bond donors (Lipinski definition) is 1. The van der Waals surface area contributed by atoms with E-state index in [0.29, 0.717) is 22.9 Å². The smallest absolute Gasteiger partial charge is 0.154 e. The van der Waals surface area contributed by atoms with Gasteiger partial charge in [0.05, 0.1) is 48.6 Å². The lowest BCUT2D eigenvalue weighted by Crippen LogP contribution is -2.26. The van der Waals surface area contributed by atoms with Gasteiger partial charge in [-0.05, 0) is 54.6 Å². The summed E-state index contributed by atoms with van der Waals surface area (Å²) in [7, 11) is 0. The number of fused-ring (bicyclic) bond motifs is 1. The number of anilines is 2. The van der Waals surface area contributed by atoms with Gasteiger partial charge < -0.3 is 14.9 Å². The van der Waals surface area contributed by atoms with Gasteiger partial charge in [0.1, 0.15) is 35.9 Å². The van der Waals surface area contributed by atoms with Crippen molar-refractivity contribution in [3.63, 3.8) is 0 Å². The second kappa shape index (κ2) is 9.71. The molecule has 196 valence electrons. The topological polar surface area (TPSA) is 69.8 Å². The highest BCUT2D eigenvalue weighted by Crippen LogP contribution is 2.38. The standard InChI is InChI=1S/C27H24F4N6O/c28-16-1-6-22(30)21(9-16)24-10-17(29)13-36(24)27-8-7-26-33-12-20(37(26)34-27)5-3-18-2-4-19(11-32-18)35-14-23(31)25(38)15-35/h1-9,11-12,17,23-25,38H,10,13-15H2/b5-3+/t17-,23?,24+,25?/m0/s1. The highest BCUT2D eigenvalue weighted by Gasteiger charge is 2.36. The zero-order valence-corrected chi connectivity index (χ0v) is 20.1. The van der Waals surface area contributed by atoms with E-state index in [2.05, 4.69) is 15.1 Å². The Labute approximate surface area is 215 Å². The first-order valence-electron chi connectivity index (χ1n) is 12.3. The van der Waals surface area contributed by atoms with Crippen molar-refractivity contribution in [2.45, 2.75) is 30.9 Å². The lowest BCUT2D eigenvalue weighted by molar-refractivity contribution is 0.118. The number of aliphatic hydroxyl groups excluding tert-OH is 1. The predicted molar refractivity (Wildman–Crippen MR) is 135 cm³/mol. The number of hydrogen-bond acceptors (Lipinski definition) is 6. The Kier molecular flexibility index (Phi) is 6.22. The van der Waals surface area contributed by atoms with Crippen molar-refractivity contribution < 1.29 is 22.7 Å². The monoisotopic (exact) mass is 524 g/mol. The molecule has 3 aromatic heterocycles. The molecular formula is C27H24F4N6O. The summed E-state index contributed by atoms with van der Waals surface area (Å²) in [5.41, 5.74) is 2.67. The van der Waals surface area contributed by atoms with Crippen LogP contribution in [0.3, 0.4) is 0 Å². The lowest BCUT2D eigenvalue weighted by atomic mass is 10.0. The number of nitrogens with zero attached hydrogens (tertiary/aromatic N) is 6. The third-order valence-electron chi connectivity index (χ3n) is 7.02. The number of aliphatic hydroxyl groups is 1. The largest absolute Gasteiger partial charge is 0.388 e. The molecule has 1 N–H and O–H groups in total. The molecule has 0 radical (unpaired) electrons. The molecule has 5 heterocycles. The highest BCUT2D eigenvalue weighted by atomic mass is 19.1. The van der Waals surface area contributed by atoms with E-state index < -0.39 is 36.1 Å². The van der Waals surface area contributed by atoms with Crippen LogP contribution in [0, 0.1) is 11.6 Å². The number of halogens is 4. The minimum absolute atomic E-state index is 0.00641. The molecule has 6 rings (SSSR count). The highest BCUT2D eigenvalue weighted by molar-refractivity contribution is 5.68. The van der Waals surface area contributed by atoms with Gasteiger partial charge in [0.15, 0.2) is 5.65 Å². The van der Waals surface area contributed by atoms with E-state index in [1.807, 2.05) is 6.07 Å². The molecule has 1 aromatic carbocycles. The average molecular weight is 525 g/mol. The van der Waals surface area contributed by atoms with Gasteiger partial charge in [0, 0.05) is 18.5 Å². The molecule has 4 aromatic rings. The van der Waals surface area contributed by atoms with Gasteiger partial charge in [-0.25, -0.2) is 27.1 Å². The van der Waals surface area contributed by atoms with Crippen molar-refractivity contribution in [3.05, 3.63) is 83.4 Å². The lowest BCUT2D eigenvalue weighted by Gasteiger charge is -2.26. The van der Waals surface area contributed by atoms with Crippen molar-refractivity contribution in [1.82, 2.24) is 19.6 Å². The van der Waals surface area contributed by atoms with E-state index >= 15 is 0 Å². The van der Waals surface area contributed by atoms with Gasteiger partial charge in [-0.1, -0.05) is 0 Å². The Morgan fingerprint density at radius 1 is 0.921 bits per heavy atom. The van der Waals surface area contributed by atoms with Gasteiger partial charge in [-0.15, -0.1) is 5.10 Å². The molecule has 2 unspecified atom stereocenters. The fraction of sp³-hybridized carbons (Fsp3) is 0.296. The molecule has 2 saturated heterocycles. The number of aromatic nitrogens is 4. The van der Waals surface area contributed by atoms with Crippen LogP contribution >= 0.6 is 0 Å². The normalized spacial score (nSPS) is 23.8. The quantitative estimate of drug-likeness (QED) is 0.391. The van der Waals surface area contributed by atoms with Crippen LogP contribution in [0.15, 0.2) is 54.9 Å². The maximum absolute atomic E-state index is 14.5. The molecule has 7 nitrogen and oxygen atoms in total. The second-order valence-electron chi connectivity index (χ2n) is 9.57. The van der Waals surface area contributed by atoms with Crippen molar-refractivity contribution >= 4 is 29.3 Å². The van der Waals surface area contributed by atoms with Crippen LogP contribution in [0.25, 0.3) is 17.8 Å². The maximum atomic E-state index is 14.5. The van der Waals surface area contributed by atoms with Crippen molar-refractivity contribution in [2.75, 3.05) is 29.4 Å². The maximum Gasteiger partial charge on any atom is 0.154 e. The van der Waals surface area contributed by atoms with E-state index in [-0.39, 0.29) is 31.6 Å². The number of pyridine rings is 1. The summed E-state index contributed by atoms with van der Waals surface area (Å²) in [5, 5.41) is 14.3. The zero-order valence-electron chi connectivity index (χ0n) is 20.1. The average Bonchev–Trinajstić information content (AvgIpc) is 3.60. The first kappa shape index (κ1) is 24.4. The summed E-state index contributed by atoms with van der Waals surface area (Å²) in [6.45, 7) is 0.355. The minimum Gasteiger partial charge on any atom is -0.388 e. The van der Waals surface area contributed by atoms with Crippen LogP contribution in [0.2, 0.25) is 0 Å². The summed E-state index contributed by atoms with van der Waals surface area (Å²) >= 11 is 0. The minimum atomic E-state index is -1.28. The van der Waals surface area contributed by atoms with Crippen LogP contribution < -0.4 is 9.80 Å². The Balaban J connectivity index is 1.25.